The molecule has 116 valence electrons. The standard InChI is InChI=1S/C13H24N2O4S/c1-2-11-6-9-14(10-7-11)20(18,19)15-8-4-3-5-12(15)13(16)17/h11-12H,2-10H2,1H3,(H,16,17). The highest BCUT2D eigenvalue weighted by molar-refractivity contribution is 7.86. The van der Waals surface area contributed by atoms with E-state index in [-0.39, 0.29) is 0 Å². The zero-order valence-electron chi connectivity index (χ0n) is 12.0. The van der Waals surface area contributed by atoms with Crippen LogP contribution < -0.4 is 0 Å². The first kappa shape index (κ1) is 15.7. The summed E-state index contributed by atoms with van der Waals surface area (Å²) in [6.07, 6.45) is 4.77. The Balaban J connectivity index is 2.10. The van der Waals surface area contributed by atoms with Crippen LogP contribution in [-0.2, 0) is 15.0 Å². The number of carbonyl (C=O) groups is 1. The molecule has 0 spiro atoms. The van der Waals surface area contributed by atoms with Crippen LogP contribution in [0.1, 0.15) is 45.4 Å². The van der Waals surface area contributed by atoms with Crippen molar-refractivity contribution in [3.05, 3.63) is 0 Å². The highest BCUT2D eigenvalue weighted by atomic mass is 32.2. The van der Waals surface area contributed by atoms with Gasteiger partial charge in [-0.3, -0.25) is 4.79 Å². The van der Waals surface area contributed by atoms with Crippen LogP contribution in [0.2, 0.25) is 0 Å². The third kappa shape index (κ3) is 3.15. The Morgan fingerprint density at radius 3 is 2.35 bits per heavy atom. The van der Waals surface area contributed by atoms with Crippen molar-refractivity contribution in [2.75, 3.05) is 19.6 Å². The molecular formula is C13H24N2O4S. The fraction of sp³-hybridized carbons (Fsp3) is 0.923. The van der Waals surface area contributed by atoms with E-state index < -0.39 is 22.2 Å². The first-order chi connectivity index (χ1) is 9.46. The zero-order valence-corrected chi connectivity index (χ0v) is 12.8. The lowest BCUT2D eigenvalue weighted by Gasteiger charge is -2.38. The minimum atomic E-state index is -3.63. The summed E-state index contributed by atoms with van der Waals surface area (Å²) in [5, 5.41) is 9.23. The molecule has 0 saturated carbocycles. The normalized spacial score (nSPS) is 27.6. The molecule has 0 aromatic rings. The van der Waals surface area contributed by atoms with E-state index in [0.717, 1.165) is 32.1 Å². The molecule has 2 rings (SSSR count). The van der Waals surface area contributed by atoms with E-state index in [9.17, 15) is 18.3 Å². The van der Waals surface area contributed by atoms with Crippen molar-refractivity contribution >= 4 is 16.2 Å². The molecule has 0 aromatic heterocycles. The van der Waals surface area contributed by atoms with Gasteiger partial charge in [-0.2, -0.15) is 17.0 Å². The molecule has 6 nitrogen and oxygen atoms in total. The SMILES string of the molecule is CCC1CCN(S(=O)(=O)N2CCCCC2C(=O)O)CC1. The third-order valence-electron chi connectivity index (χ3n) is 4.51. The number of carboxylic acids is 1. The van der Waals surface area contributed by atoms with E-state index in [2.05, 4.69) is 6.92 Å². The summed E-state index contributed by atoms with van der Waals surface area (Å²) in [5.74, 6) is -0.435. The Kier molecular flexibility index (Phi) is 5.04. The number of hydrogen-bond acceptors (Lipinski definition) is 3. The Bertz CT molecular complexity index is 443. The van der Waals surface area contributed by atoms with Crippen molar-refractivity contribution in [2.24, 2.45) is 5.92 Å². The van der Waals surface area contributed by atoms with E-state index in [0.29, 0.717) is 32.0 Å². The molecule has 7 heteroatoms. The maximum Gasteiger partial charge on any atom is 0.322 e. The molecule has 2 aliphatic rings. The summed E-state index contributed by atoms with van der Waals surface area (Å²) in [7, 11) is -3.63. The van der Waals surface area contributed by atoms with Gasteiger partial charge < -0.3 is 5.11 Å². The highest BCUT2D eigenvalue weighted by Gasteiger charge is 2.40. The van der Waals surface area contributed by atoms with Gasteiger partial charge in [-0.25, -0.2) is 0 Å². The van der Waals surface area contributed by atoms with Crippen molar-refractivity contribution < 1.29 is 18.3 Å². The van der Waals surface area contributed by atoms with Crippen molar-refractivity contribution in [3.8, 4) is 0 Å². The van der Waals surface area contributed by atoms with Crippen molar-refractivity contribution in [3.63, 3.8) is 0 Å². The van der Waals surface area contributed by atoms with Crippen LogP contribution in [0, 0.1) is 5.92 Å². The summed E-state index contributed by atoms with van der Waals surface area (Å²) < 4.78 is 28.0. The maximum absolute atomic E-state index is 12.6. The van der Waals surface area contributed by atoms with Gasteiger partial charge in [0.2, 0.25) is 0 Å². The Morgan fingerprint density at radius 1 is 1.15 bits per heavy atom. The van der Waals surface area contributed by atoms with Crippen LogP contribution in [0.25, 0.3) is 0 Å². The van der Waals surface area contributed by atoms with Gasteiger partial charge in [0.15, 0.2) is 0 Å². The third-order valence-corrected chi connectivity index (χ3v) is 6.56. The Hall–Kier alpha value is -0.660. The van der Waals surface area contributed by atoms with Gasteiger partial charge in [-0.05, 0) is 38.0 Å². The van der Waals surface area contributed by atoms with E-state index >= 15 is 0 Å². The average Bonchev–Trinajstić information content (AvgIpc) is 2.47. The molecule has 1 atom stereocenters. The molecule has 2 heterocycles. The molecular weight excluding hydrogens is 280 g/mol. The van der Waals surface area contributed by atoms with Gasteiger partial charge in [0.05, 0.1) is 0 Å². The lowest BCUT2D eigenvalue weighted by Crippen LogP contribution is -2.54. The number of hydrogen-bond donors (Lipinski definition) is 1. The van der Waals surface area contributed by atoms with Crippen LogP contribution in [0.3, 0.4) is 0 Å². The van der Waals surface area contributed by atoms with Crippen molar-refractivity contribution in [1.29, 1.82) is 0 Å². The summed E-state index contributed by atoms with van der Waals surface area (Å²) in [6.45, 7) is 3.49. The minimum absolute atomic E-state index is 0.326. The molecule has 0 radical (unpaired) electrons. The molecule has 1 N–H and O–H groups in total. The van der Waals surface area contributed by atoms with Gasteiger partial charge in [0, 0.05) is 19.6 Å². The number of rotatable bonds is 4. The van der Waals surface area contributed by atoms with E-state index in [1.54, 1.807) is 0 Å². The first-order valence-electron chi connectivity index (χ1n) is 7.46. The topological polar surface area (TPSA) is 77.9 Å². The number of piperidine rings is 2. The Morgan fingerprint density at radius 2 is 1.80 bits per heavy atom. The van der Waals surface area contributed by atoms with E-state index in [1.165, 1.54) is 8.61 Å². The van der Waals surface area contributed by atoms with Crippen LogP contribution in [0.5, 0.6) is 0 Å². The molecule has 0 aliphatic carbocycles. The van der Waals surface area contributed by atoms with Crippen molar-refractivity contribution in [2.45, 2.75) is 51.5 Å². The summed E-state index contributed by atoms with van der Waals surface area (Å²) >= 11 is 0. The minimum Gasteiger partial charge on any atom is -0.480 e. The van der Waals surface area contributed by atoms with Gasteiger partial charge in [-0.1, -0.05) is 13.3 Å². The predicted octanol–water partition coefficient (Wildman–Crippen LogP) is 1.29. The molecule has 0 amide bonds. The fourth-order valence-corrected chi connectivity index (χ4v) is 4.97. The van der Waals surface area contributed by atoms with Crippen LogP contribution in [0.4, 0.5) is 0 Å². The monoisotopic (exact) mass is 304 g/mol. The quantitative estimate of drug-likeness (QED) is 0.849. The molecule has 0 aromatic carbocycles. The van der Waals surface area contributed by atoms with E-state index in [4.69, 9.17) is 0 Å². The van der Waals surface area contributed by atoms with Gasteiger partial charge >= 0.3 is 5.97 Å². The number of carboxylic acid groups (broad SMARTS) is 1. The molecule has 1 unspecified atom stereocenters. The largest absolute Gasteiger partial charge is 0.480 e. The van der Waals surface area contributed by atoms with E-state index in [1.807, 2.05) is 0 Å². The second-order valence-corrected chi connectivity index (χ2v) is 7.60. The predicted molar refractivity (Wildman–Crippen MR) is 75.5 cm³/mol. The number of aliphatic carboxylic acids is 1. The molecule has 20 heavy (non-hydrogen) atoms. The highest BCUT2D eigenvalue weighted by Crippen LogP contribution is 2.27. The zero-order chi connectivity index (χ0) is 14.8. The van der Waals surface area contributed by atoms with Crippen LogP contribution >= 0.6 is 0 Å². The van der Waals surface area contributed by atoms with Crippen LogP contribution in [0.15, 0.2) is 0 Å². The maximum atomic E-state index is 12.6. The van der Waals surface area contributed by atoms with Gasteiger partial charge in [0.1, 0.15) is 6.04 Å². The van der Waals surface area contributed by atoms with Gasteiger partial charge in [-0.15, -0.1) is 0 Å². The summed E-state index contributed by atoms with van der Waals surface area (Å²) in [6, 6.07) is -0.891. The lowest BCUT2D eigenvalue weighted by atomic mass is 9.96. The number of nitrogens with zero attached hydrogens (tertiary/aromatic N) is 2. The summed E-state index contributed by atoms with van der Waals surface area (Å²) in [5.41, 5.74) is 0. The molecule has 2 fully saturated rings. The Labute approximate surface area is 120 Å². The summed E-state index contributed by atoms with van der Waals surface area (Å²) in [4.78, 5) is 11.3. The fourth-order valence-electron chi connectivity index (χ4n) is 3.12. The average molecular weight is 304 g/mol. The molecule has 2 saturated heterocycles. The smallest absolute Gasteiger partial charge is 0.322 e. The molecule has 0 bridgehead atoms. The first-order valence-corrected chi connectivity index (χ1v) is 8.86. The lowest BCUT2D eigenvalue weighted by molar-refractivity contribution is -0.142. The van der Waals surface area contributed by atoms with Crippen molar-refractivity contribution in [1.82, 2.24) is 8.61 Å². The second kappa shape index (κ2) is 6.41. The molecule has 2 aliphatic heterocycles. The van der Waals surface area contributed by atoms with Crippen LogP contribution in [-0.4, -0.2) is 53.8 Å². The second-order valence-electron chi connectivity index (χ2n) is 5.72. The van der Waals surface area contributed by atoms with Gasteiger partial charge in [0.25, 0.3) is 10.2 Å².